The molecule has 6 nitrogen and oxygen atoms in total. The number of para-hydroxylation sites is 1. The van der Waals surface area contributed by atoms with Crippen molar-refractivity contribution >= 4 is 11.6 Å². The molecule has 0 bridgehead atoms. The van der Waals surface area contributed by atoms with Gasteiger partial charge in [-0.1, -0.05) is 12.1 Å². The lowest BCUT2D eigenvalue weighted by molar-refractivity contribution is -0.117. The Morgan fingerprint density at radius 3 is 2.65 bits per heavy atom. The quantitative estimate of drug-likeness (QED) is 0.713. The third-order valence-corrected chi connectivity index (χ3v) is 5.34. The average molecular weight is 346 g/mol. The lowest BCUT2D eigenvalue weighted by Crippen LogP contribution is -2.49. The fourth-order valence-corrected chi connectivity index (χ4v) is 3.97. The molecule has 1 amide bonds. The van der Waals surface area contributed by atoms with Crippen molar-refractivity contribution in [3.05, 3.63) is 48.5 Å². The normalized spacial score (nSPS) is 20.5. The van der Waals surface area contributed by atoms with E-state index in [0.29, 0.717) is 12.2 Å². The van der Waals surface area contributed by atoms with E-state index in [9.17, 15) is 4.79 Å². The number of methoxy groups -OCH3 is 1. The molecular formula is C20H18N4O2. The molecule has 1 atom stereocenters. The fourth-order valence-electron chi connectivity index (χ4n) is 3.97. The number of nitrogens with zero attached hydrogens (tertiary/aromatic N) is 4. The van der Waals surface area contributed by atoms with Gasteiger partial charge in [-0.3, -0.25) is 9.69 Å². The highest BCUT2D eigenvalue weighted by atomic mass is 16.5. The minimum Gasteiger partial charge on any atom is -0.497 e. The monoisotopic (exact) mass is 346 g/mol. The van der Waals surface area contributed by atoms with Crippen LogP contribution in [0, 0.1) is 0 Å². The van der Waals surface area contributed by atoms with Crippen LogP contribution in [0.2, 0.25) is 0 Å². The first-order chi connectivity index (χ1) is 12.6. The predicted octanol–water partition coefficient (Wildman–Crippen LogP) is 3.43. The molecule has 130 valence electrons. The predicted molar refractivity (Wildman–Crippen MR) is 97.8 cm³/mol. The molecule has 0 aliphatic carbocycles. The van der Waals surface area contributed by atoms with Crippen molar-refractivity contribution in [1.29, 1.82) is 0 Å². The number of carbonyl (C=O) groups is 1. The lowest BCUT2D eigenvalue weighted by Gasteiger charge is -2.40. The van der Waals surface area contributed by atoms with E-state index in [1.54, 1.807) is 7.11 Å². The standard InChI is InChI=1S/C20H18N4O2/c1-20-12-11-17(25)23(20)16-6-4-3-5-15(16)19-21-18(22-24(19)20)13-7-9-14(26-2)10-8-13/h3-10H,11-12H2,1-2H3/t20-/m1/s1. The van der Waals surface area contributed by atoms with Gasteiger partial charge < -0.3 is 4.74 Å². The van der Waals surface area contributed by atoms with Gasteiger partial charge in [0.05, 0.1) is 12.8 Å². The number of amides is 1. The zero-order valence-electron chi connectivity index (χ0n) is 14.6. The van der Waals surface area contributed by atoms with Crippen molar-refractivity contribution in [2.45, 2.75) is 25.4 Å². The molecule has 0 unspecified atom stereocenters. The number of rotatable bonds is 2. The van der Waals surface area contributed by atoms with Crippen molar-refractivity contribution in [2.75, 3.05) is 12.0 Å². The molecule has 3 heterocycles. The van der Waals surface area contributed by atoms with E-state index in [0.717, 1.165) is 34.8 Å². The van der Waals surface area contributed by atoms with Crippen LogP contribution < -0.4 is 9.64 Å². The lowest BCUT2D eigenvalue weighted by atomic mass is 10.0. The molecule has 6 heteroatoms. The van der Waals surface area contributed by atoms with Crippen molar-refractivity contribution in [3.63, 3.8) is 0 Å². The summed E-state index contributed by atoms with van der Waals surface area (Å²) in [7, 11) is 1.64. The zero-order chi connectivity index (χ0) is 17.9. The average Bonchev–Trinajstić information content (AvgIpc) is 3.25. The second-order valence-electron chi connectivity index (χ2n) is 6.86. The number of aromatic nitrogens is 3. The fraction of sp³-hybridized carbons (Fsp3) is 0.250. The van der Waals surface area contributed by atoms with Crippen LogP contribution in [0.4, 0.5) is 5.69 Å². The summed E-state index contributed by atoms with van der Waals surface area (Å²) in [5.41, 5.74) is 2.26. The van der Waals surface area contributed by atoms with Gasteiger partial charge in [-0.05, 0) is 43.3 Å². The van der Waals surface area contributed by atoms with Gasteiger partial charge in [0.25, 0.3) is 0 Å². The number of benzene rings is 2. The van der Waals surface area contributed by atoms with Crippen LogP contribution in [-0.4, -0.2) is 27.8 Å². The van der Waals surface area contributed by atoms with Crippen LogP contribution in [0.25, 0.3) is 22.8 Å². The Labute approximate surface area is 151 Å². The maximum absolute atomic E-state index is 12.6. The molecule has 1 aromatic heterocycles. The van der Waals surface area contributed by atoms with E-state index >= 15 is 0 Å². The number of ether oxygens (including phenoxy) is 1. The molecule has 0 radical (unpaired) electrons. The summed E-state index contributed by atoms with van der Waals surface area (Å²) >= 11 is 0. The smallest absolute Gasteiger partial charge is 0.229 e. The van der Waals surface area contributed by atoms with Crippen molar-refractivity contribution < 1.29 is 9.53 Å². The molecule has 0 spiro atoms. The second kappa shape index (κ2) is 5.17. The molecule has 1 fully saturated rings. The van der Waals surface area contributed by atoms with Crippen LogP contribution >= 0.6 is 0 Å². The van der Waals surface area contributed by atoms with Crippen molar-refractivity contribution in [2.24, 2.45) is 0 Å². The van der Waals surface area contributed by atoms with Gasteiger partial charge in [-0.2, -0.15) is 0 Å². The first kappa shape index (κ1) is 15.1. The van der Waals surface area contributed by atoms with Gasteiger partial charge in [0.2, 0.25) is 5.91 Å². The summed E-state index contributed by atoms with van der Waals surface area (Å²) in [5.74, 6) is 2.38. The highest BCUT2D eigenvalue weighted by molar-refractivity contribution is 6.01. The largest absolute Gasteiger partial charge is 0.497 e. The Balaban J connectivity index is 1.72. The van der Waals surface area contributed by atoms with E-state index in [2.05, 4.69) is 6.92 Å². The maximum atomic E-state index is 12.6. The molecule has 2 aromatic carbocycles. The van der Waals surface area contributed by atoms with E-state index in [-0.39, 0.29) is 5.91 Å². The first-order valence-electron chi connectivity index (χ1n) is 8.66. The van der Waals surface area contributed by atoms with Gasteiger partial charge in [0.1, 0.15) is 11.4 Å². The van der Waals surface area contributed by atoms with Crippen LogP contribution in [0.5, 0.6) is 5.75 Å². The minimum atomic E-state index is -0.515. The zero-order valence-corrected chi connectivity index (χ0v) is 14.6. The number of hydrogen-bond donors (Lipinski definition) is 0. The molecule has 5 rings (SSSR count). The third-order valence-electron chi connectivity index (χ3n) is 5.34. The van der Waals surface area contributed by atoms with Gasteiger partial charge in [0.15, 0.2) is 11.6 Å². The summed E-state index contributed by atoms with van der Waals surface area (Å²) in [4.78, 5) is 19.3. The van der Waals surface area contributed by atoms with E-state index < -0.39 is 5.66 Å². The SMILES string of the molecule is COc1ccc(-c2nc3n(n2)[C@]2(C)CCC(=O)N2c2ccccc2-3)cc1. The summed E-state index contributed by atoms with van der Waals surface area (Å²) in [6.07, 6.45) is 1.24. The maximum Gasteiger partial charge on any atom is 0.229 e. The van der Waals surface area contributed by atoms with Crippen LogP contribution in [-0.2, 0) is 10.5 Å². The Hall–Kier alpha value is -3.15. The molecule has 0 saturated carbocycles. The Bertz CT molecular complexity index is 1020. The summed E-state index contributed by atoms with van der Waals surface area (Å²) in [6, 6.07) is 15.6. The molecular weight excluding hydrogens is 328 g/mol. The summed E-state index contributed by atoms with van der Waals surface area (Å²) < 4.78 is 7.14. The Kier molecular flexibility index (Phi) is 3.01. The minimum absolute atomic E-state index is 0.132. The number of fused-ring (bicyclic) bond motifs is 6. The van der Waals surface area contributed by atoms with Crippen LogP contribution in [0.1, 0.15) is 19.8 Å². The second-order valence-corrected chi connectivity index (χ2v) is 6.86. The summed E-state index contributed by atoms with van der Waals surface area (Å²) in [5, 5.41) is 4.80. The highest BCUT2D eigenvalue weighted by Crippen LogP contribution is 2.48. The van der Waals surface area contributed by atoms with Crippen molar-refractivity contribution in [1.82, 2.24) is 14.8 Å². The molecule has 2 aliphatic heterocycles. The Morgan fingerprint density at radius 2 is 1.88 bits per heavy atom. The number of carbonyl (C=O) groups excluding carboxylic acids is 1. The van der Waals surface area contributed by atoms with Gasteiger partial charge in [0, 0.05) is 24.0 Å². The van der Waals surface area contributed by atoms with E-state index in [4.69, 9.17) is 14.8 Å². The van der Waals surface area contributed by atoms with E-state index in [1.807, 2.05) is 58.1 Å². The topological polar surface area (TPSA) is 60.2 Å². The molecule has 2 aliphatic rings. The van der Waals surface area contributed by atoms with Gasteiger partial charge in [-0.25, -0.2) is 9.67 Å². The third kappa shape index (κ3) is 1.89. The van der Waals surface area contributed by atoms with Crippen LogP contribution in [0.3, 0.4) is 0 Å². The van der Waals surface area contributed by atoms with Crippen LogP contribution in [0.15, 0.2) is 48.5 Å². The van der Waals surface area contributed by atoms with E-state index in [1.165, 1.54) is 0 Å². The molecule has 26 heavy (non-hydrogen) atoms. The first-order valence-corrected chi connectivity index (χ1v) is 8.66. The van der Waals surface area contributed by atoms with Gasteiger partial charge in [-0.15, -0.1) is 5.10 Å². The van der Waals surface area contributed by atoms with Gasteiger partial charge >= 0.3 is 0 Å². The summed E-state index contributed by atoms with van der Waals surface area (Å²) in [6.45, 7) is 2.06. The molecule has 0 N–H and O–H groups in total. The Morgan fingerprint density at radius 1 is 1.12 bits per heavy atom. The number of anilines is 1. The number of hydrogen-bond acceptors (Lipinski definition) is 4. The highest BCUT2D eigenvalue weighted by Gasteiger charge is 2.50. The molecule has 3 aromatic rings. The molecule has 1 saturated heterocycles. The van der Waals surface area contributed by atoms with Crippen molar-refractivity contribution in [3.8, 4) is 28.5 Å².